The van der Waals surface area contributed by atoms with Gasteiger partial charge in [0.05, 0.1) is 0 Å². The van der Waals surface area contributed by atoms with Crippen molar-refractivity contribution < 1.29 is 37.5 Å². The summed E-state index contributed by atoms with van der Waals surface area (Å²) in [7, 11) is 0. The summed E-state index contributed by atoms with van der Waals surface area (Å²) in [6.07, 6.45) is 1.06. The Hall–Kier alpha value is -0.156. The molecule has 0 bridgehead atoms. The van der Waals surface area contributed by atoms with Crippen molar-refractivity contribution in [2.24, 2.45) is 5.73 Å². The first kappa shape index (κ1) is 24.9. The zero-order valence-corrected chi connectivity index (χ0v) is 5.65. The molecule has 0 spiro atoms. The molecule has 0 saturated heterocycles. The molecule has 2 N–H and O–H groups in total. The third kappa shape index (κ3) is 40.3. The van der Waals surface area contributed by atoms with Crippen LogP contribution in [0.5, 0.6) is 0 Å². The molecule has 0 aromatic rings. The average Bonchev–Trinajstić information content (AvgIpc) is 1.38. The average molecular weight is 151 g/mol. The van der Waals surface area contributed by atoms with Gasteiger partial charge in [-0.25, -0.2) is 0 Å². The van der Waals surface area contributed by atoms with Crippen LogP contribution in [0.4, 0.5) is 0 Å². The maximum Gasteiger partial charge on any atom is 4.00 e. The maximum absolute atomic E-state index is 9.47. The monoisotopic (exact) mass is 151 g/mol. The second-order valence-electron chi connectivity index (χ2n) is 0.606. The zero-order valence-electron chi connectivity index (χ0n) is 4.09. The predicted molar refractivity (Wildman–Crippen MR) is 20.8 cm³/mol. The summed E-state index contributed by atoms with van der Waals surface area (Å²) in [4.78, 5) is 9.47. The minimum absolute atomic E-state index is 0. The van der Waals surface area contributed by atoms with Gasteiger partial charge in [-0.1, -0.05) is 6.58 Å². The Morgan fingerprint density at radius 2 is 1.62 bits per heavy atom. The Morgan fingerprint density at radius 1 is 1.50 bits per heavy atom. The molecule has 0 unspecified atom stereocenters. The fourth-order valence-corrected chi connectivity index (χ4v) is 0. The maximum atomic E-state index is 9.47. The van der Waals surface area contributed by atoms with Crippen LogP contribution in [-0.2, 0) is 37.5 Å². The zero-order chi connectivity index (χ0) is 4.28. The fourth-order valence-electron chi connectivity index (χ4n) is 0. The van der Waals surface area contributed by atoms with Gasteiger partial charge in [0.2, 0.25) is 5.91 Å². The van der Waals surface area contributed by atoms with E-state index in [9.17, 15) is 4.79 Å². The van der Waals surface area contributed by atoms with Crippen LogP contribution in [-0.4, -0.2) is 5.91 Å². The fraction of sp³-hybridized carbons (Fsp3) is 0. The number of carbonyl (C=O) groups is 1. The molecule has 0 heterocycles. The summed E-state index contributed by atoms with van der Waals surface area (Å²) in [5.41, 5.74) is 4.53. The van der Waals surface area contributed by atoms with Crippen LogP contribution in [0, 0.1) is 0 Å². The van der Waals surface area contributed by atoms with E-state index in [0.29, 0.717) is 0 Å². The minimum Gasteiger partial charge on any atom is -2.00 e. The van der Waals surface area contributed by atoms with Gasteiger partial charge in [-0.15, -0.1) is 0 Å². The molecule has 0 atom stereocenters. The summed E-state index contributed by atoms with van der Waals surface area (Å²) in [6.45, 7) is 3.09. The number of nitrogens with two attached hydrogens (primary N) is 1. The first-order valence-corrected chi connectivity index (χ1v) is 1.19. The summed E-state index contributed by atoms with van der Waals surface area (Å²) in [6, 6.07) is 0. The molecule has 1 amide bonds. The van der Waals surface area contributed by atoms with Crippen LogP contribution >= 0.6 is 0 Å². The summed E-state index contributed by atoms with van der Waals surface area (Å²) in [5, 5.41) is 0. The molecular formula is C3H5NO3Ti. The minimum atomic E-state index is -0.481. The van der Waals surface area contributed by atoms with E-state index in [4.69, 9.17) is 0 Å². The smallest absolute Gasteiger partial charge is 2.00 e. The van der Waals surface area contributed by atoms with E-state index in [1.807, 2.05) is 0 Å². The van der Waals surface area contributed by atoms with Crippen molar-refractivity contribution in [1.82, 2.24) is 0 Å². The molecular weight excluding hydrogens is 146 g/mol. The van der Waals surface area contributed by atoms with Crippen LogP contribution in [0.2, 0.25) is 0 Å². The normalized spacial score (nSPS) is 4.00. The number of hydrogen-bond acceptors (Lipinski definition) is 1. The molecule has 8 heavy (non-hydrogen) atoms. The van der Waals surface area contributed by atoms with Crippen LogP contribution in [0.25, 0.3) is 0 Å². The summed E-state index contributed by atoms with van der Waals surface area (Å²) in [5.74, 6) is -0.481. The molecule has 0 aromatic heterocycles. The van der Waals surface area contributed by atoms with Crippen molar-refractivity contribution >= 4 is 5.91 Å². The molecule has 0 aliphatic heterocycles. The second-order valence-corrected chi connectivity index (χ2v) is 0.606. The van der Waals surface area contributed by atoms with Gasteiger partial charge in [0.25, 0.3) is 0 Å². The Bertz CT molecular complexity index is 65.5. The van der Waals surface area contributed by atoms with Crippen molar-refractivity contribution in [2.45, 2.75) is 0 Å². The standard InChI is InChI=1S/C3H5NO.2O.Ti/c1-2-3(4)5;;;/h2H,1H2,(H2,4,5);;;/q;2*-2;+4. The second kappa shape index (κ2) is 15.8. The van der Waals surface area contributed by atoms with E-state index >= 15 is 0 Å². The van der Waals surface area contributed by atoms with E-state index in [1.54, 1.807) is 0 Å². The summed E-state index contributed by atoms with van der Waals surface area (Å²) < 4.78 is 0. The number of hydrogen-bond donors (Lipinski definition) is 1. The Morgan fingerprint density at radius 3 is 1.62 bits per heavy atom. The van der Waals surface area contributed by atoms with Gasteiger partial charge in [-0.05, 0) is 6.08 Å². The third-order valence-corrected chi connectivity index (χ3v) is 0.201. The Balaban J connectivity index is -0.0000000267. The van der Waals surface area contributed by atoms with Crippen LogP contribution in [0.1, 0.15) is 0 Å². The largest absolute Gasteiger partial charge is 4.00 e. The SMILES string of the molecule is C=CC(N)=O.[O-2].[O-2].[Ti+4]. The van der Waals surface area contributed by atoms with Gasteiger partial charge >= 0.3 is 21.7 Å². The molecule has 0 fully saturated rings. The van der Waals surface area contributed by atoms with Gasteiger partial charge < -0.3 is 16.7 Å². The molecule has 0 saturated carbocycles. The number of rotatable bonds is 1. The molecule has 5 heteroatoms. The van der Waals surface area contributed by atoms with E-state index in [0.717, 1.165) is 6.08 Å². The van der Waals surface area contributed by atoms with E-state index < -0.39 is 5.91 Å². The first-order valence-electron chi connectivity index (χ1n) is 1.19. The Kier molecular flexibility index (Phi) is 49.2. The third-order valence-electron chi connectivity index (χ3n) is 0.201. The predicted octanol–water partition coefficient (Wildman–Crippen LogP) is -0.582. The van der Waals surface area contributed by atoms with Gasteiger partial charge in [-0.2, -0.15) is 0 Å². The molecule has 4 nitrogen and oxygen atoms in total. The molecule has 0 aliphatic carbocycles. The molecule has 0 radical (unpaired) electrons. The quantitative estimate of drug-likeness (QED) is 0.393. The van der Waals surface area contributed by atoms with E-state index in [-0.39, 0.29) is 32.7 Å². The van der Waals surface area contributed by atoms with Gasteiger partial charge in [0, 0.05) is 0 Å². The summed E-state index contributed by atoms with van der Waals surface area (Å²) >= 11 is 0. The van der Waals surface area contributed by atoms with Gasteiger partial charge in [-0.3, -0.25) is 4.79 Å². The van der Waals surface area contributed by atoms with Crippen LogP contribution < -0.4 is 5.73 Å². The van der Waals surface area contributed by atoms with Crippen molar-refractivity contribution in [1.29, 1.82) is 0 Å². The van der Waals surface area contributed by atoms with Crippen molar-refractivity contribution in [2.75, 3.05) is 0 Å². The van der Waals surface area contributed by atoms with Crippen molar-refractivity contribution in [3.05, 3.63) is 12.7 Å². The first-order chi connectivity index (χ1) is 2.27. The van der Waals surface area contributed by atoms with Gasteiger partial charge in [0.1, 0.15) is 0 Å². The van der Waals surface area contributed by atoms with Crippen LogP contribution in [0.3, 0.4) is 0 Å². The Labute approximate surface area is 62.2 Å². The van der Waals surface area contributed by atoms with Gasteiger partial charge in [0.15, 0.2) is 0 Å². The van der Waals surface area contributed by atoms with Crippen molar-refractivity contribution in [3.8, 4) is 0 Å². The number of primary amides is 1. The number of carbonyl (C=O) groups excluding carboxylic acids is 1. The van der Waals surface area contributed by atoms with Crippen LogP contribution in [0.15, 0.2) is 12.7 Å². The topological polar surface area (TPSA) is 100 Å². The van der Waals surface area contributed by atoms with E-state index in [1.165, 1.54) is 0 Å². The number of amides is 1. The van der Waals surface area contributed by atoms with Crippen molar-refractivity contribution in [3.63, 3.8) is 0 Å². The molecule has 0 rings (SSSR count). The van der Waals surface area contributed by atoms with E-state index in [2.05, 4.69) is 12.3 Å². The molecule has 44 valence electrons. The molecule has 0 aromatic carbocycles. The molecule has 0 aliphatic rings.